The SMILES string of the molecule is CC(C)N1CC(CC(C)(C)O)c2cc(F)ccc21. The van der Waals surface area contributed by atoms with Gasteiger partial charge in [0.1, 0.15) is 5.82 Å². The highest BCUT2D eigenvalue weighted by Crippen LogP contribution is 2.41. The van der Waals surface area contributed by atoms with Crippen molar-refractivity contribution < 1.29 is 9.50 Å². The van der Waals surface area contributed by atoms with Crippen molar-refractivity contribution in [3.05, 3.63) is 29.6 Å². The van der Waals surface area contributed by atoms with Crippen LogP contribution in [0.2, 0.25) is 0 Å². The summed E-state index contributed by atoms with van der Waals surface area (Å²) in [6.07, 6.45) is 0.659. The summed E-state index contributed by atoms with van der Waals surface area (Å²) in [4.78, 5) is 2.28. The summed E-state index contributed by atoms with van der Waals surface area (Å²) in [5.41, 5.74) is 1.42. The van der Waals surface area contributed by atoms with Gasteiger partial charge in [0.2, 0.25) is 0 Å². The molecule has 0 fully saturated rings. The second kappa shape index (κ2) is 4.54. The number of halogens is 1. The molecule has 0 saturated carbocycles. The molecule has 1 aliphatic rings. The Balaban J connectivity index is 2.35. The van der Waals surface area contributed by atoms with Crippen LogP contribution < -0.4 is 4.90 Å². The number of hydrogen-bond acceptors (Lipinski definition) is 2. The zero-order valence-electron chi connectivity index (χ0n) is 11.6. The van der Waals surface area contributed by atoms with E-state index in [0.29, 0.717) is 12.5 Å². The van der Waals surface area contributed by atoms with E-state index in [-0.39, 0.29) is 11.7 Å². The van der Waals surface area contributed by atoms with Crippen molar-refractivity contribution >= 4 is 5.69 Å². The van der Waals surface area contributed by atoms with E-state index in [9.17, 15) is 9.50 Å². The van der Waals surface area contributed by atoms with E-state index in [1.165, 1.54) is 6.07 Å². The van der Waals surface area contributed by atoms with Gasteiger partial charge >= 0.3 is 0 Å². The molecule has 0 spiro atoms. The first-order valence-corrected chi connectivity index (χ1v) is 6.56. The lowest BCUT2D eigenvalue weighted by Gasteiger charge is -2.26. The summed E-state index contributed by atoms with van der Waals surface area (Å²) in [7, 11) is 0. The predicted molar refractivity (Wildman–Crippen MR) is 72.5 cm³/mol. The Morgan fingerprint density at radius 2 is 2.11 bits per heavy atom. The Labute approximate surface area is 108 Å². The highest BCUT2D eigenvalue weighted by Gasteiger charge is 2.33. The van der Waals surface area contributed by atoms with E-state index in [2.05, 4.69) is 18.7 Å². The Bertz CT molecular complexity index is 437. The first-order valence-electron chi connectivity index (χ1n) is 6.56. The van der Waals surface area contributed by atoms with Crippen LogP contribution in [-0.2, 0) is 0 Å². The predicted octanol–water partition coefficient (Wildman–Crippen LogP) is 3.30. The van der Waals surface area contributed by atoms with Crippen LogP contribution in [0, 0.1) is 5.82 Å². The normalized spacial score (nSPS) is 19.5. The molecule has 2 nitrogen and oxygen atoms in total. The summed E-state index contributed by atoms with van der Waals surface area (Å²) in [5.74, 6) is 0.0122. The fourth-order valence-electron chi connectivity index (χ4n) is 2.81. The first kappa shape index (κ1) is 13.3. The molecule has 1 aromatic carbocycles. The summed E-state index contributed by atoms with van der Waals surface area (Å²) in [6, 6.07) is 5.38. The molecule has 0 aliphatic carbocycles. The Hall–Kier alpha value is -1.09. The lowest BCUT2D eigenvalue weighted by Crippen LogP contribution is -2.31. The highest BCUT2D eigenvalue weighted by molar-refractivity contribution is 5.61. The van der Waals surface area contributed by atoms with Gasteiger partial charge in [-0.05, 0) is 57.9 Å². The van der Waals surface area contributed by atoms with E-state index in [4.69, 9.17) is 0 Å². The van der Waals surface area contributed by atoms with Crippen molar-refractivity contribution in [1.82, 2.24) is 0 Å². The van der Waals surface area contributed by atoms with Gasteiger partial charge in [-0.25, -0.2) is 4.39 Å². The second-order valence-electron chi connectivity index (χ2n) is 6.16. The van der Waals surface area contributed by atoms with Gasteiger partial charge in [-0.1, -0.05) is 0 Å². The number of hydrogen-bond donors (Lipinski definition) is 1. The maximum Gasteiger partial charge on any atom is 0.123 e. The van der Waals surface area contributed by atoms with Gasteiger partial charge in [0, 0.05) is 24.2 Å². The summed E-state index contributed by atoms with van der Waals surface area (Å²) >= 11 is 0. The quantitative estimate of drug-likeness (QED) is 0.891. The number of anilines is 1. The third-order valence-electron chi connectivity index (χ3n) is 3.53. The lowest BCUT2D eigenvalue weighted by molar-refractivity contribution is 0.0643. The van der Waals surface area contributed by atoms with Crippen molar-refractivity contribution in [2.45, 2.75) is 51.7 Å². The standard InChI is InChI=1S/C15H22FNO/c1-10(2)17-9-11(8-15(3,4)18)13-7-12(16)5-6-14(13)17/h5-7,10-11,18H,8-9H2,1-4H3. The van der Waals surface area contributed by atoms with Crippen molar-refractivity contribution in [2.75, 3.05) is 11.4 Å². The zero-order chi connectivity index (χ0) is 13.5. The molecular weight excluding hydrogens is 229 g/mol. The second-order valence-corrected chi connectivity index (χ2v) is 6.16. The molecule has 0 saturated heterocycles. The average molecular weight is 251 g/mol. The largest absolute Gasteiger partial charge is 0.390 e. The van der Waals surface area contributed by atoms with Crippen LogP contribution in [0.3, 0.4) is 0 Å². The van der Waals surface area contributed by atoms with Crippen LogP contribution in [0.5, 0.6) is 0 Å². The van der Waals surface area contributed by atoms with Crippen LogP contribution in [0.4, 0.5) is 10.1 Å². The molecule has 1 aromatic rings. The molecule has 18 heavy (non-hydrogen) atoms. The molecular formula is C15H22FNO. The van der Waals surface area contributed by atoms with Crippen LogP contribution in [0.25, 0.3) is 0 Å². The number of fused-ring (bicyclic) bond motifs is 1. The number of benzene rings is 1. The smallest absolute Gasteiger partial charge is 0.123 e. The van der Waals surface area contributed by atoms with Gasteiger partial charge in [0.05, 0.1) is 5.60 Å². The van der Waals surface area contributed by atoms with Crippen molar-refractivity contribution in [1.29, 1.82) is 0 Å². The number of nitrogens with zero attached hydrogens (tertiary/aromatic N) is 1. The summed E-state index contributed by atoms with van der Waals surface area (Å²) < 4.78 is 13.4. The Morgan fingerprint density at radius 3 is 2.67 bits per heavy atom. The fraction of sp³-hybridized carbons (Fsp3) is 0.600. The first-order chi connectivity index (χ1) is 8.28. The molecule has 1 heterocycles. The van der Waals surface area contributed by atoms with Crippen molar-refractivity contribution in [3.63, 3.8) is 0 Å². The molecule has 1 unspecified atom stereocenters. The van der Waals surface area contributed by atoms with Crippen molar-refractivity contribution in [2.24, 2.45) is 0 Å². The van der Waals surface area contributed by atoms with Crippen LogP contribution in [-0.4, -0.2) is 23.3 Å². The van der Waals surface area contributed by atoms with Crippen LogP contribution >= 0.6 is 0 Å². The van der Waals surface area contributed by atoms with E-state index >= 15 is 0 Å². The minimum absolute atomic E-state index is 0.194. The molecule has 0 radical (unpaired) electrons. The van der Waals surface area contributed by atoms with Gasteiger partial charge in [-0.2, -0.15) is 0 Å². The molecule has 1 aliphatic heterocycles. The highest BCUT2D eigenvalue weighted by atomic mass is 19.1. The molecule has 3 heteroatoms. The molecule has 1 atom stereocenters. The van der Waals surface area contributed by atoms with Gasteiger partial charge in [-0.15, -0.1) is 0 Å². The third-order valence-corrected chi connectivity index (χ3v) is 3.53. The monoisotopic (exact) mass is 251 g/mol. The van der Waals surface area contributed by atoms with Gasteiger partial charge in [0.15, 0.2) is 0 Å². The minimum Gasteiger partial charge on any atom is -0.390 e. The minimum atomic E-state index is -0.721. The third kappa shape index (κ3) is 2.66. The van der Waals surface area contributed by atoms with Crippen LogP contribution in [0.15, 0.2) is 18.2 Å². The number of rotatable bonds is 3. The topological polar surface area (TPSA) is 23.5 Å². The van der Waals surface area contributed by atoms with E-state index < -0.39 is 5.60 Å². The summed E-state index contributed by atoms with van der Waals surface area (Å²) in [5, 5.41) is 9.99. The molecule has 1 N–H and O–H groups in total. The van der Waals surface area contributed by atoms with E-state index in [0.717, 1.165) is 17.8 Å². The van der Waals surface area contributed by atoms with Crippen molar-refractivity contribution in [3.8, 4) is 0 Å². The Morgan fingerprint density at radius 1 is 1.44 bits per heavy atom. The maximum absolute atomic E-state index is 13.4. The van der Waals surface area contributed by atoms with Gasteiger partial charge < -0.3 is 10.0 Å². The fourth-order valence-corrected chi connectivity index (χ4v) is 2.81. The molecule has 100 valence electrons. The number of aliphatic hydroxyl groups is 1. The zero-order valence-corrected chi connectivity index (χ0v) is 11.6. The molecule has 0 amide bonds. The summed E-state index contributed by atoms with van der Waals surface area (Å²) in [6.45, 7) is 8.76. The van der Waals surface area contributed by atoms with Crippen LogP contribution in [0.1, 0.15) is 45.6 Å². The van der Waals surface area contributed by atoms with E-state index in [1.807, 2.05) is 19.9 Å². The lowest BCUT2D eigenvalue weighted by atomic mass is 9.89. The molecule has 2 rings (SSSR count). The molecule has 0 aromatic heterocycles. The Kier molecular flexibility index (Phi) is 3.37. The molecule has 0 bridgehead atoms. The van der Waals surface area contributed by atoms with Gasteiger partial charge in [-0.3, -0.25) is 0 Å². The maximum atomic E-state index is 13.4. The average Bonchev–Trinajstić information content (AvgIpc) is 2.54. The van der Waals surface area contributed by atoms with E-state index in [1.54, 1.807) is 6.07 Å². The van der Waals surface area contributed by atoms with Gasteiger partial charge in [0.25, 0.3) is 0 Å².